The smallest absolute Gasteiger partial charge is 0.339 e. The minimum absolute atomic E-state index is 0.0903. The summed E-state index contributed by atoms with van der Waals surface area (Å²) >= 11 is 0. The normalized spacial score (nSPS) is 11.7. The monoisotopic (exact) mass is 466 g/mol. The molecule has 0 bridgehead atoms. The highest BCUT2D eigenvalue weighted by molar-refractivity contribution is 7.89. The first-order valence-corrected chi connectivity index (χ1v) is 11.6. The Kier molecular flexibility index (Phi) is 6.17. The topological polar surface area (TPSA) is 110 Å². The van der Waals surface area contributed by atoms with Gasteiger partial charge in [0.15, 0.2) is 0 Å². The number of aryl methyl sites for hydroxylation is 1. The molecule has 1 N–H and O–H groups in total. The number of carbonyl (C=O) groups is 1. The van der Waals surface area contributed by atoms with Gasteiger partial charge in [0.2, 0.25) is 10.0 Å². The molecule has 9 heteroatoms. The van der Waals surface area contributed by atoms with Crippen molar-refractivity contribution < 1.29 is 22.4 Å². The number of nitrogens with one attached hydrogen (secondary N) is 1. The number of rotatable bonds is 7. The number of sulfonamides is 1. The number of para-hydroxylation sites is 1. The lowest BCUT2D eigenvalue weighted by atomic mass is 10.1. The van der Waals surface area contributed by atoms with Crippen molar-refractivity contribution in [1.82, 2.24) is 9.29 Å². The van der Waals surface area contributed by atoms with Crippen LogP contribution in [0.2, 0.25) is 0 Å². The van der Waals surface area contributed by atoms with Gasteiger partial charge in [-0.1, -0.05) is 30.3 Å². The number of hydrogen-bond donors (Lipinski definition) is 1. The van der Waals surface area contributed by atoms with Gasteiger partial charge in [-0.2, -0.15) is 4.31 Å². The third kappa shape index (κ3) is 4.46. The first-order chi connectivity index (χ1) is 15.8. The number of H-pyrrole nitrogens is 1. The van der Waals surface area contributed by atoms with E-state index in [9.17, 15) is 18.0 Å². The van der Waals surface area contributed by atoms with E-state index in [2.05, 4.69) is 4.98 Å². The molecule has 0 atom stereocenters. The fraction of sp³-hybridized carbons (Fsp3) is 0.167. The fourth-order valence-electron chi connectivity index (χ4n) is 3.65. The van der Waals surface area contributed by atoms with Gasteiger partial charge in [0.1, 0.15) is 5.76 Å². The quantitative estimate of drug-likeness (QED) is 0.417. The van der Waals surface area contributed by atoms with Gasteiger partial charge in [-0.15, -0.1) is 0 Å². The molecule has 0 aliphatic heterocycles. The maximum atomic E-state index is 13.7. The largest absolute Gasteiger partial charge is 0.468 e. The number of esters is 1. The van der Waals surface area contributed by atoms with E-state index in [1.165, 1.54) is 31.6 Å². The van der Waals surface area contributed by atoms with Gasteiger partial charge in [-0.05, 0) is 48.2 Å². The van der Waals surface area contributed by atoms with Gasteiger partial charge in [-0.3, -0.25) is 4.79 Å². The van der Waals surface area contributed by atoms with Crippen LogP contribution in [0.3, 0.4) is 0 Å². The molecular weight excluding hydrogens is 444 g/mol. The summed E-state index contributed by atoms with van der Waals surface area (Å²) in [5, 5.41) is 0.787. The number of ether oxygens (including phenoxy) is 1. The fourth-order valence-corrected chi connectivity index (χ4v) is 5.21. The molecule has 0 unspecified atom stereocenters. The predicted molar refractivity (Wildman–Crippen MR) is 122 cm³/mol. The molecule has 2 heterocycles. The number of aromatic amines is 1. The molecule has 0 radical (unpaired) electrons. The summed E-state index contributed by atoms with van der Waals surface area (Å²) in [6.45, 7) is 1.53. The van der Waals surface area contributed by atoms with Crippen LogP contribution in [0.4, 0.5) is 0 Å². The molecule has 0 saturated carbocycles. The number of fused-ring (bicyclic) bond motifs is 1. The maximum absolute atomic E-state index is 13.7. The number of furan rings is 1. The van der Waals surface area contributed by atoms with Crippen molar-refractivity contribution in [2.75, 3.05) is 7.11 Å². The predicted octanol–water partition coefficient (Wildman–Crippen LogP) is 3.61. The van der Waals surface area contributed by atoms with Crippen LogP contribution in [0.5, 0.6) is 0 Å². The molecule has 0 fully saturated rings. The van der Waals surface area contributed by atoms with Crippen LogP contribution >= 0.6 is 0 Å². The van der Waals surface area contributed by atoms with Crippen molar-refractivity contribution in [3.05, 3.63) is 99.7 Å². The zero-order chi connectivity index (χ0) is 23.6. The zero-order valence-corrected chi connectivity index (χ0v) is 18.9. The average molecular weight is 467 g/mol. The minimum atomic E-state index is -4.22. The number of hydrogen-bond acceptors (Lipinski definition) is 6. The molecule has 170 valence electrons. The Morgan fingerprint density at radius 1 is 1.06 bits per heavy atom. The van der Waals surface area contributed by atoms with E-state index in [-0.39, 0.29) is 29.1 Å². The van der Waals surface area contributed by atoms with Crippen LogP contribution in [0.1, 0.15) is 27.2 Å². The van der Waals surface area contributed by atoms with Crippen molar-refractivity contribution in [3.63, 3.8) is 0 Å². The van der Waals surface area contributed by atoms with E-state index >= 15 is 0 Å². The standard InChI is InChI=1S/C24H22N2O6S/c1-16-7-5-8-17-13-18(23(27)25-22(16)17)14-26(15-19-9-6-12-32-19)33(29,30)21-11-4-3-10-20(21)24(28)31-2/h3-13H,14-15H2,1-2H3,(H,25,27). The summed E-state index contributed by atoms with van der Waals surface area (Å²) < 4.78 is 38.6. The lowest BCUT2D eigenvalue weighted by molar-refractivity contribution is 0.0596. The van der Waals surface area contributed by atoms with Crippen LogP contribution in [-0.4, -0.2) is 30.8 Å². The minimum Gasteiger partial charge on any atom is -0.468 e. The van der Waals surface area contributed by atoms with E-state index in [1.54, 1.807) is 24.3 Å². The van der Waals surface area contributed by atoms with Crippen molar-refractivity contribution in [2.45, 2.75) is 24.9 Å². The van der Waals surface area contributed by atoms with Crippen LogP contribution < -0.4 is 5.56 Å². The number of benzene rings is 2. The second kappa shape index (κ2) is 9.05. The number of aromatic nitrogens is 1. The van der Waals surface area contributed by atoms with Crippen LogP contribution in [0.15, 0.2) is 81.0 Å². The van der Waals surface area contributed by atoms with Gasteiger partial charge in [-0.25, -0.2) is 13.2 Å². The Hall–Kier alpha value is -3.69. The Morgan fingerprint density at radius 2 is 1.85 bits per heavy atom. The van der Waals surface area contributed by atoms with Gasteiger partial charge >= 0.3 is 5.97 Å². The zero-order valence-electron chi connectivity index (χ0n) is 18.1. The third-order valence-electron chi connectivity index (χ3n) is 5.33. The van der Waals surface area contributed by atoms with Crippen molar-refractivity contribution >= 4 is 26.9 Å². The summed E-state index contributed by atoms with van der Waals surface area (Å²) in [4.78, 5) is 27.7. The number of pyridine rings is 1. The highest BCUT2D eigenvalue weighted by Gasteiger charge is 2.31. The number of methoxy groups -OCH3 is 1. The second-order valence-electron chi connectivity index (χ2n) is 7.50. The summed E-state index contributed by atoms with van der Waals surface area (Å²) in [5.41, 5.74) is 1.38. The Morgan fingerprint density at radius 3 is 2.58 bits per heavy atom. The molecule has 4 rings (SSSR count). The second-order valence-corrected chi connectivity index (χ2v) is 9.41. The van der Waals surface area contributed by atoms with E-state index in [0.717, 1.165) is 15.3 Å². The molecule has 0 spiro atoms. The summed E-state index contributed by atoms with van der Waals surface area (Å²) in [6.07, 6.45) is 1.44. The van der Waals surface area contributed by atoms with E-state index in [0.29, 0.717) is 11.3 Å². The van der Waals surface area contributed by atoms with Crippen molar-refractivity contribution in [1.29, 1.82) is 0 Å². The Balaban J connectivity index is 1.82. The van der Waals surface area contributed by atoms with E-state index < -0.39 is 21.6 Å². The molecule has 4 aromatic rings. The van der Waals surface area contributed by atoms with Crippen molar-refractivity contribution in [2.24, 2.45) is 0 Å². The molecule has 8 nitrogen and oxygen atoms in total. The van der Waals surface area contributed by atoms with Crippen molar-refractivity contribution in [3.8, 4) is 0 Å². The van der Waals surface area contributed by atoms with E-state index in [4.69, 9.17) is 9.15 Å². The summed E-state index contributed by atoms with van der Waals surface area (Å²) in [7, 11) is -3.04. The Labute approximate surface area is 190 Å². The molecule has 0 amide bonds. The Bertz CT molecular complexity index is 1470. The highest BCUT2D eigenvalue weighted by Crippen LogP contribution is 2.25. The maximum Gasteiger partial charge on any atom is 0.339 e. The highest BCUT2D eigenvalue weighted by atomic mass is 32.2. The summed E-state index contributed by atoms with van der Waals surface area (Å²) in [5.74, 6) is -0.381. The lowest BCUT2D eigenvalue weighted by Crippen LogP contribution is -2.33. The van der Waals surface area contributed by atoms with Gasteiger partial charge in [0.25, 0.3) is 5.56 Å². The number of nitrogens with zero attached hydrogens (tertiary/aromatic N) is 1. The van der Waals surface area contributed by atoms with Gasteiger partial charge in [0, 0.05) is 12.1 Å². The lowest BCUT2D eigenvalue weighted by Gasteiger charge is -2.22. The van der Waals surface area contributed by atoms with Crippen LogP contribution in [0.25, 0.3) is 10.9 Å². The van der Waals surface area contributed by atoms with Gasteiger partial charge < -0.3 is 14.1 Å². The molecule has 33 heavy (non-hydrogen) atoms. The third-order valence-corrected chi connectivity index (χ3v) is 7.18. The van der Waals surface area contributed by atoms with Crippen LogP contribution in [0, 0.1) is 6.92 Å². The first kappa shape index (κ1) is 22.5. The van der Waals surface area contributed by atoms with E-state index in [1.807, 2.05) is 25.1 Å². The molecule has 0 aliphatic rings. The molecular formula is C24H22N2O6S. The molecule has 0 saturated heterocycles. The number of carbonyl (C=O) groups excluding carboxylic acids is 1. The first-order valence-electron chi connectivity index (χ1n) is 10.1. The SMILES string of the molecule is COC(=O)c1ccccc1S(=O)(=O)N(Cc1ccco1)Cc1cc2cccc(C)c2[nH]c1=O. The molecule has 0 aliphatic carbocycles. The molecule has 2 aromatic heterocycles. The van der Waals surface area contributed by atoms with Gasteiger partial charge in [0.05, 0.1) is 35.9 Å². The average Bonchev–Trinajstić information content (AvgIpc) is 3.32. The van der Waals surface area contributed by atoms with Crippen LogP contribution in [-0.2, 0) is 27.8 Å². The molecule has 2 aromatic carbocycles. The summed E-state index contributed by atoms with van der Waals surface area (Å²) in [6, 6.07) is 16.4.